The van der Waals surface area contributed by atoms with Crippen molar-refractivity contribution in [3.05, 3.63) is 107 Å². The molecule has 156 valence electrons. The second kappa shape index (κ2) is 8.42. The third-order valence-electron chi connectivity index (χ3n) is 4.77. The fourth-order valence-electron chi connectivity index (χ4n) is 3.30. The highest BCUT2D eigenvalue weighted by Crippen LogP contribution is 2.38. The number of hydrogen-bond donors (Lipinski definition) is 0. The molecule has 0 bridgehead atoms. The first-order chi connectivity index (χ1) is 14.8. The molecule has 2 nitrogen and oxygen atoms in total. The van der Waals surface area contributed by atoms with E-state index in [9.17, 15) is 17.2 Å². The van der Waals surface area contributed by atoms with Gasteiger partial charge in [-0.05, 0) is 71.8 Å². The van der Waals surface area contributed by atoms with Crippen LogP contribution in [0.25, 0.3) is 22.3 Å². The van der Waals surface area contributed by atoms with Gasteiger partial charge in [-0.3, -0.25) is 0 Å². The zero-order valence-corrected chi connectivity index (χ0v) is 18.1. The molecule has 0 N–H and O–H groups in total. The monoisotopic (exact) mass is 474 g/mol. The highest BCUT2D eigenvalue weighted by Gasteiger charge is 2.26. The number of hydrogen-bond acceptors (Lipinski definition) is 2. The maximum Gasteiger partial charge on any atom is 0.207 e. The Labute approximate surface area is 188 Å². The molecule has 4 aromatic rings. The van der Waals surface area contributed by atoms with Crippen LogP contribution in [0, 0.1) is 11.6 Å². The minimum absolute atomic E-state index is 0.00851. The Morgan fingerprint density at radius 1 is 0.548 bits per heavy atom. The molecule has 0 heterocycles. The molecule has 0 radical (unpaired) electrons. The summed E-state index contributed by atoms with van der Waals surface area (Å²) in [6.45, 7) is 0. The van der Waals surface area contributed by atoms with Gasteiger partial charge in [-0.1, -0.05) is 47.5 Å². The summed E-state index contributed by atoms with van der Waals surface area (Å²) in [5.74, 6) is -0.877. The number of halogens is 4. The lowest BCUT2D eigenvalue weighted by molar-refractivity contribution is 0.596. The lowest BCUT2D eigenvalue weighted by Gasteiger charge is -2.15. The van der Waals surface area contributed by atoms with Crippen LogP contribution in [-0.4, -0.2) is 8.42 Å². The fourth-order valence-corrected chi connectivity index (χ4v) is 5.31. The van der Waals surface area contributed by atoms with Crippen LogP contribution in [-0.2, 0) is 9.84 Å². The van der Waals surface area contributed by atoms with Crippen molar-refractivity contribution in [3.63, 3.8) is 0 Å². The smallest absolute Gasteiger partial charge is 0.207 e. The quantitative estimate of drug-likeness (QED) is 0.308. The van der Waals surface area contributed by atoms with E-state index in [1.807, 2.05) is 0 Å². The first kappa shape index (κ1) is 21.5. The van der Waals surface area contributed by atoms with Crippen molar-refractivity contribution in [2.75, 3.05) is 0 Å². The van der Waals surface area contributed by atoms with Gasteiger partial charge in [0.15, 0.2) is 0 Å². The minimum Gasteiger partial charge on any atom is -0.218 e. The van der Waals surface area contributed by atoms with Crippen LogP contribution in [0.1, 0.15) is 0 Å². The molecule has 0 saturated heterocycles. The van der Waals surface area contributed by atoms with Gasteiger partial charge < -0.3 is 0 Å². The summed E-state index contributed by atoms with van der Waals surface area (Å²) in [5, 5.41) is 0.682. The lowest BCUT2D eigenvalue weighted by Crippen LogP contribution is -2.06. The molecular formula is C24H14Cl2F2O2S. The van der Waals surface area contributed by atoms with Crippen LogP contribution >= 0.6 is 23.2 Å². The van der Waals surface area contributed by atoms with Crippen LogP contribution in [0.2, 0.25) is 10.0 Å². The normalized spacial score (nSPS) is 11.5. The Bertz CT molecular complexity index is 1270. The van der Waals surface area contributed by atoms with E-state index < -0.39 is 21.5 Å². The summed E-state index contributed by atoms with van der Waals surface area (Å²) in [7, 11) is -4.06. The zero-order chi connectivity index (χ0) is 22.2. The summed E-state index contributed by atoms with van der Waals surface area (Å²) in [6.07, 6.45) is 0. The standard InChI is InChI=1S/C24H14Cl2F2O2S/c25-17-5-11-23(21(13-17)15-1-7-19(27)8-2-15)31(29,30)24-12-6-18(26)14-22(24)16-3-9-20(28)10-4-16/h1-14H. The molecule has 4 rings (SSSR count). The molecular weight excluding hydrogens is 461 g/mol. The van der Waals surface area contributed by atoms with Crippen LogP contribution < -0.4 is 0 Å². The maximum absolute atomic E-state index is 13.7. The van der Waals surface area contributed by atoms with Gasteiger partial charge in [-0.25, -0.2) is 17.2 Å². The molecule has 0 saturated carbocycles. The van der Waals surface area contributed by atoms with Crippen molar-refractivity contribution in [3.8, 4) is 22.3 Å². The Balaban J connectivity index is 1.95. The molecule has 0 aromatic heterocycles. The van der Waals surface area contributed by atoms with Gasteiger partial charge in [0.25, 0.3) is 0 Å². The van der Waals surface area contributed by atoms with E-state index in [4.69, 9.17) is 23.2 Å². The van der Waals surface area contributed by atoms with Crippen molar-refractivity contribution >= 4 is 33.0 Å². The molecule has 4 aromatic carbocycles. The van der Waals surface area contributed by atoms with Gasteiger partial charge in [0.1, 0.15) is 11.6 Å². The first-order valence-corrected chi connectivity index (χ1v) is 11.4. The van der Waals surface area contributed by atoms with Gasteiger partial charge in [0.2, 0.25) is 9.84 Å². The van der Waals surface area contributed by atoms with Crippen molar-refractivity contribution in [2.45, 2.75) is 9.79 Å². The highest BCUT2D eigenvalue weighted by molar-refractivity contribution is 7.91. The molecule has 0 spiro atoms. The highest BCUT2D eigenvalue weighted by atomic mass is 35.5. The molecule has 0 aliphatic carbocycles. The SMILES string of the molecule is O=S(=O)(c1ccc(Cl)cc1-c1ccc(F)cc1)c1ccc(Cl)cc1-c1ccc(F)cc1. The fraction of sp³-hybridized carbons (Fsp3) is 0. The number of sulfone groups is 1. The Morgan fingerprint density at radius 3 is 1.26 bits per heavy atom. The molecule has 0 aliphatic heterocycles. The van der Waals surface area contributed by atoms with Gasteiger partial charge >= 0.3 is 0 Å². The average molecular weight is 475 g/mol. The van der Waals surface area contributed by atoms with E-state index in [-0.39, 0.29) is 9.79 Å². The van der Waals surface area contributed by atoms with E-state index in [1.165, 1.54) is 84.9 Å². The summed E-state index contributed by atoms with van der Waals surface area (Å²) in [4.78, 5) is 0.0170. The maximum atomic E-state index is 13.7. The average Bonchev–Trinajstić information content (AvgIpc) is 2.74. The van der Waals surface area contributed by atoms with Gasteiger partial charge in [-0.15, -0.1) is 0 Å². The van der Waals surface area contributed by atoms with Crippen LogP contribution in [0.5, 0.6) is 0 Å². The van der Waals surface area contributed by atoms with Gasteiger partial charge in [0, 0.05) is 21.2 Å². The predicted octanol–water partition coefficient (Wildman–Crippen LogP) is 7.44. The number of rotatable bonds is 4. The van der Waals surface area contributed by atoms with E-state index in [0.717, 1.165) is 0 Å². The summed E-state index contributed by atoms with van der Waals surface area (Å²) < 4.78 is 54.3. The zero-order valence-electron chi connectivity index (χ0n) is 15.8. The van der Waals surface area contributed by atoms with Crippen LogP contribution in [0.3, 0.4) is 0 Å². The summed E-state index contributed by atoms with van der Waals surface area (Å²) in [6, 6.07) is 19.8. The molecule has 0 unspecified atom stereocenters. The molecule has 0 fully saturated rings. The predicted molar refractivity (Wildman–Crippen MR) is 119 cm³/mol. The van der Waals surface area contributed by atoms with Crippen molar-refractivity contribution < 1.29 is 17.2 Å². The lowest BCUT2D eigenvalue weighted by atomic mass is 10.1. The molecule has 7 heteroatoms. The second-order valence-electron chi connectivity index (χ2n) is 6.80. The summed E-state index contributed by atoms with van der Waals surface area (Å²) >= 11 is 12.3. The first-order valence-electron chi connectivity index (χ1n) is 9.12. The van der Waals surface area contributed by atoms with E-state index in [1.54, 1.807) is 0 Å². The second-order valence-corrected chi connectivity index (χ2v) is 9.56. The molecule has 0 atom stereocenters. The number of benzene rings is 4. The van der Waals surface area contributed by atoms with Gasteiger partial charge in [-0.2, -0.15) is 0 Å². The van der Waals surface area contributed by atoms with E-state index in [2.05, 4.69) is 0 Å². The van der Waals surface area contributed by atoms with Crippen LogP contribution in [0.4, 0.5) is 8.78 Å². The van der Waals surface area contributed by atoms with Crippen molar-refractivity contribution in [2.24, 2.45) is 0 Å². The Morgan fingerprint density at radius 2 is 0.903 bits per heavy atom. The molecule has 31 heavy (non-hydrogen) atoms. The minimum atomic E-state index is -4.06. The molecule has 0 amide bonds. The third kappa shape index (κ3) is 4.35. The largest absolute Gasteiger partial charge is 0.218 e. The third-order valence-corrected chi connectivity index (χ3v) is 7.11. The Kier molecular flexibility index (Phi) is 5.84. The van der Waals surface area contributed by atoms with Crippen LogP contribution in [0.15, 0.2) is 94.7 Å². The Hall–Kier alpha value is -2.73. The van der Waals surface area contributed by atoms with E-state index >= 15 is 0 Å². The van der Waals surface area contributed by atoms with Gasteiger partial charge in [0.05, 0.1) is 9.79 Å². The van der Waals surface area contributed by atoms with Crippen molar-refractivity contribution in [1.82, 2.24) is 0 Å². The van der Waals surface area contributed by atoms with Crippen molar-refractivity contribution in [1.29, 1.82) is 0 Å². The topological polar surface area (TPSA) is 34.1 Å². The summed E-state index contributed by atoms with van der Waals surface area (Å²) in [5.41, 5.74) is 1.68. The van der Waals surface area contributed by atoms with E-state index in [0.29, 0.717) is 32.3 Å². The molecule has 0 aliphatic rings.